The van der Waals surface area contributed by atoms with Crippen molar-refractivity contribution in [3.8, 4) is 0 Å². The lowest BCUT2D eigenvalue weighted by Crippen LogP contribution is -2.32. The van der Waals surface area contributed by atoms with Crippen LogP contribution in [-0.4, -0.2) is 27.5 Å². The Morgan fingerprint density at radius 1 is 1.04 bits per heavy atom. The SMILES string of the molecule is CCCCN1CCc2c(c3ccccc3n2CCc2ccccn2)C1. The first-order valence-electron chi connectivity index (χ1n) is 9.58. The van der Waals surface area contributed by atoms with Crippen molar-refractivity contribution < 1.29 is 0 Å². The summed E-state index contributed by atoms with van der Waals surface area (Å²) < 4.78 is 2.55. The van der Waals surface area contributed by atoms with Gasteiger partial charge in [0.05, 0.1) is 0 Å². The van der Waals surface area contributed by atoms with E-state index in [-0.39, 0.29) is 0 Å². The number of hydrogen-bond donors (Lipinski definition) is 0. The highest BCUT2D eigenvalue weighted by atomic mass is 15.1. The third-order valence-electron chi connectivity index (χ3n) is 5.39. The molecule has 0 spiro atoms. The normalized spacial score (nSPS) is 14.8. The summed E-state index contributed by atoms with van der Waals surface area (Å²) in [6, 6.07) is 15.1. The molecule has 2 aromatic heterocycles. The van der Waals surface area contributed by atoms with Crippen molar-refractivity contribution in [3.05, 3.63) is 65.6 Å². The van der Waals surface area contributed by atoms with Crippen LogP contribution in [0.4, 0.5) is 0 Å². The molecule has 0 unspecified atom stereocenters. The van der Waals surface area contributed by atoms with Crippen molar-refractivity contribution in [1.82, 2.24) is 14.5 Å². The van der Waals surface area contributed by atoms with Gasteiger partial charge in [-0.2, -0.15) is 0 Å². The molecule has 3 aromatic rings. The Bertz CT molecular complexity index is 835. The van der Waals surface area contributed by atoms with Gasteiger partial charge in [-0.1, -0.05) is 37.6 Å². The third kappa shape index (κ3) is 3.34. The van der Waals surface area contributed by atoms with Crippen LogP contribution in [0.2, 0.25) is 0 Å². The number of para-hydroxylation sites is 1. The van der Waals surface area contributed by atoms with Crippen molar-refractivity contribution in [2.45, 2.75) is 45.7 Å². The maximum absolute atomic E-state index is 4.49. The van der Waals surface area contributed by atoms with Gasteiger partial charge in [0, 0.05) is 61.0 Å². The maximum atomic E-state index is 4.49. The second-order valence-corrected chi connectivity index (χ2v) is 7.04. The topological polar surface area (TPSA) is 21.1 Å². The first-order chi connectivity index (χ1) is 12.4. The molecule has 0 bridgehead atoms. The van der Waals surface area contributed by atoms with Gasteiger partial charge in [-0.3, -0.25) is 9.88 Å². The minimum absolute atomic E-state index is 0.992. The molecule has 0 radical (unpaired) electrons. The molecule has 130 valence electrons. The monoisotopic (exact) mass is 333 g/mol. The van der Waals surface area contributed by atoms with Gasteiger partial charge in [0.15, 0.2) is 0 Å². The summed E-state index contributed by atoms with van der Waals surface area (Å²) in [6.07, 6.45) is 6.62. The molecule has 3 heterocycles. The summed E-state index contributed by atoms with van der Waals surface area (Å²) in [6.45, 7) is 6.81. The van der Waals surface area contributed by atoms with Gasteiger partial charge in [-0.05, 0) is 36.7 Å². The highest BCUT2D eigenvalue weighted by molar-refractivity contribution is 5.85. The third-order valence-corrected chi connectivity index (χ3v) is 5.39. The van der Waals surface area contributed by atoms with Crippen molar-refractivity contribution in [2.75, 3.05) is 13.1 Å². The molecule has 0 amide bonds. The minimum Gasteiger partial charge on any atom is -0.344 e. The average Bonchev–Trinajstić information content (AvgIpc) is 2.99. The first-order valence-corrected chi connectivity index (χ1v) is 9.58. The van der Waals surface area contributed by atoms with Crippen molar-refractivity contribution in [2.24, 2.45) is 0 Å². The van der Waals surface area contributed by atoms with Gasteiger partial charge in [0.1, 0.15) is 0 Å². The Labute approximate surface area is 150 Å². The van der Waals surface area contributed by atoms with Gasteiger partial charge in [0.25, 0.3) is 0 Å². The summed E-state index contributed by atoms with van der Waals surface area (Å²) in [7, 11) is 0. The number of aryl methyl sites for hydroxylation is 2. The predicted octanol–water partition coefficient (Wildman–Crippen LogP) is 4.44. The van der Waals surface area contributed by atoms with E-state index in [4.69, 9.17) is 0 Å². The van der Waals surface area contributed by atoms with Crippen LogP contribution in [0, 0.1) is 0 Å². The molecule has 25 heavy (non-hydrogen) atoms. The Kier molecular flexibility index (Phi) is 4.84. The molecule has 1 aliphatic heterocycles. The molecule has 3 nitrogen and oxygen atoms in total. The van der Waals surface area contributed by atoms with Gasteiger partial charge in [0.2, 0.25) is 0 Å². The van der Waals surface area contributed by atoms with E-state index >= 15 is 0 Å². The van der Waals surface area contributed by atoms with Crippen molar-refractivity contribution in [3.63, 3.8) is 0 Å². The van der Waals surface area contributed by atoms with Crippen molar-refractivity contribution in [1.29, 1.82) is 0 Å². The fourth-order valence-electron chi connectivity index (χ4n) is 4.06. The standard InChI is InChI=1S/C22H27N3/c1-2-3-14-24-15-12-22-20(17-24)19-9-4-5-10-21(19)25(22)16-11-18-8-6-7-13-23-18/h4-10,13H,2-3,11-12,14-17H2,1H3. The van der Waals surface area contributed by atoms with E-state index in [1.54, 1.807) is 11.3 Å². The molecular weight excluding hydrogens is 306 g/mol. The van der Waals surface area contributed by atoms with Crippen molar-refractivity contribution >= 4 is 10.9 Å². The number of pyridine rings is 1. The number of nitrogens with zero attached hydrogens (tertiary/aromatic N) is 3. The lowest BCUT2D eigenvalue weighted by atomic mass is 10.0. The van der Waals surface area contributed by atoms with Crippen LogP contribution in [-0.2, 0) is 25.9 Å². The second-order valence-electron chi connectivity index (χ2n) is 7.04. The first kappa shape index (κ1) is 16.3. The largest absolute Gasteiger partial charge is 0.344 e. The molecule has 1 aliphatic rings. The molecule has 0 saturated carbocycles. The highest BCUT2D eigenvalue weighted by Gasteiger charge is 2.23. The molecule has 3 heteroatoms. The number of fused-ring (bicyclic) bond motifs is 3. The molecule has 0 atom stereocenters. The van der Waals surface area contributed by atoms with Gasteiger partial charge >= 0.3 is 0 Å². The summed E-state index contributed by atoms with van der Waals surface area (Å²) in [5.74, 6) is 0. The second kappa shape index (κ2) is 7.40. The number of benzene rings is 1. The van der Waals surface area contributed by atoms with E-state index in [9.17, 15) is 0 Å². The molecule has 0 aliphatic carbocycles. The van der Waals surface area contributed by atoms with Crippen LogP contribution >= 0.6 is 0 Å². The van der Waals surface area contributed by atoms with E-state index < -0.39 is 0 Å². The Balaban J connectivity index is 1.64. The summed E-state index contributed by atoms with van der Waals surface area (Å²) >= 11 is 0. The molecule has 0 N–H and O–H groups in total. The molecule has 1 aromatic carbocycles. The number of unbranched alkanes of at least 4 members (excludes halogenated alkanes) is 1. The molecule has 4 rings (SSSR count). The fourth-order valence-corrected chi connectivity index (χ4v) is 4.06. The van der Waals surface area contributed by atoms with E-state index in [1.165, 1.54) is 42.5 Å². The van der Waals surface area contributed by atoms with Gasteiger partial charge in [-0.25, -0.2) is 0 Å². The van der Waals surface area contributed by atoms with E-state index in [0.717, 1.165) is 25.9 Å². The smallest absolute Gasteiger partial charge is 0.0486 e. The zero-order chi connectivity index (χ0) is 17.1. The summed E-state index contributed by atoms with van der Waals surface area (Å²) in [4.78, 5) is 7.12. The van der Waals surface area contributed by atoms with Crippen LogP contribution in [0.25, 0.3) is 10.9 Å². The van der Waals surface area contributed by atoms with Gasteiger partial charge in [-0.15, -0.1) is 0 Å². The quantitative estimate of drug-likeness (QED) is 0.665. The number of rotatable bonds is 6. The Morgan fingerprint density at radius 3 is 2.76 bits per heavy atom. The van der Waals surface area contributed by atoms with E-state index in [2.05, 4.69) is 57.8 Å². The minimum atomic E-state index is 0.992. The van der Waals surface area contributed by atoms with E-state index in [1.807, 2.05) is 12.3 Å². The highest BCUT2D eigenvalue weighted by Crippen LogP contribution is 2.31. The predicted molar refractivity (Wildman–Crippen MR) is 104 cm³/mol. The maximum Gasteiger partial charge on any atom is 0.0486 e. The van der Waals surface area contributed by atoms with Crippen LogP contribution in [0.15, 0.2) is 48.7 Å². The summed E-state index contributed by atoms with van der Waals surface area (Å²) in [5, 5.41) is 1.44. The average molecular weight is 333 g/mol. The van der Waals surface area contributed by atoms with Crippen LogP contribution < -0.4 is 0 Å². The van der Waals surface area contributed by atoms with Crippen LogP contribution in [0.3, 0.4) is 0 Å². The fraction of sp³-hybridized carbons (Fsp3) is 0.409. The molecule has 0 fully saturated rings. The zero-order valence-electron chi connectivity index (χ0n) is 15.1. The number of hydrogen-bond acceptors (Lipinski definition) is 2. The van der Waals surface area contributed by atoms with Gasteiger partial charge < -0.3 is 4.57 Å². The van der Waals surface area contributed by atoms with E-state index in [0.29, 0.717) is 0 Å². The lowest BCUT2D eigenvalue weighted by Gasteiger charge is -2.28. The Morgan fingerprint density at radius 2 is 1.92 bits per heavy atom. The number of aromatic nitrogens is 2. The molecular formula is C22H27N3. The zero-order valence-corrected chi connectivity index (χ0v) is 15.1. The molecule has 0 saturated heterocycles. The van der Waals surface area contributed by atoms with Crippen LogP contribution in [0.5, 0.6) is 0 Å². The summed E-state index contributed by atoms with van der Waals surface area (Å²) in [5.41, 5.74) is 5.67. The van der Waals surface area contributed by atoms with Crippen LogP contribution in [0.1, 0.15) is 36.7 Å². The Hall–Kier alpha value is -2.13. The lowest BCUT2D eigenvalue weighted by molar-refractivity contribution is 0.248.